The third-order valence-electron chi connectivity index (χ3n) is 5.82. The Labute approximate surface area is 195 Å². The molecule has 0 aliphatic rings. The first-order valence-electron chi connectivity index (χ1n) is 11.3. The highest BCUT2D eigenvalue weighted by molar-refractivity contribution is 6.03. The van der Waals surface area contributed by atoms with Crippen LogP contribution in [0, 0.1) is 11.8 Å². The van der Waals surface area contributed by atoms with E-state index in [9.17, 15) is 29.4 Å². The number of aliphatic hydroxyl groups excluding tert-OH is 1. The third-order valence-corrected chi connectivity index (χ3v) is 5.82. The summed E-state index contributed by atoms with van der Waals surface area (Å²) in [6.45, 7) is 8.39. The molecule has 0 aliphatic heterocycles. The van der Waals surface area contributed by atoms with Gasteiger partial charge in [-0.2, -0.15) is 0 Å². The zero-order valence-electron chi connectivity index (χ0n) is 20.0. The van der Waals surface area contributed by atoms with Gasteiger partial charge >= 0.3 is 5.97 Å². The summed E-state index contributed by atoms with van der Waals surface area (Å²) in [5.74, 6) is -4.02. The van der Waals surface area contributed by atoms with Crippen LogP contribution in [0.1, 0.15) is 53.0 Å². The second-order valence-electron chi connectivity index (χ2n) is 8.80. The molecule has 1 aromatic carbocycles. The molecule has 0 saturated carbocycles. The highest BCUT2D eigenvalue weighted by Gasteiger charge is 2.39. The molecule has 0 radical (unpaired) electrons. The van der Waals surface area contributed by atoms with E-state index in [0.29, 0.717) is 12.0 Å². The summed E-state index contributed by atoms with van der Waals surface area (Å²) in [5.41, 5.74) is 6.82. The largest absolute Gasteiger partial charge is 0.480 e. The van der Waals surface area contributed by atoms with Gasteiger partial charge in [0.15, 0.2) is 0 Å². The maximum Gasteiger partial charge on any atom is 0.325 e. The van der Waals surface area contributed by atoms with Crippen molar-refractivity contribution in [1.82, 2.24) is 10.2 Å². The summed E-state index contributed by atoms with van der Waals surface area (Å²) in [5, 5.41) is 21.9. The predicted octanol–water partition coefficient (Wildman–Crippen LogP) is 1.32. The highest BCUT2D eigenvalue weighted by Crippen LogP contribution is 2.18. The lowest BCUT2D eigenvalue weighted by molar-refractivity contribution is -0.155. The fourth-order valence-electron chi connectivity index (χ4n) is 3.13. The van der Waals surface area contributed by atoms with Gasteiger partial charge in [-0.3, -0.25) is 24.1 Å². The monoisotopic (exact) mass is 463 g/mol. The van der Waals surface area contributed by atoms with E-state index < -0.39 is 47.9 Å². The fraction of sp³-hybridized carbons (Fsp3) is 0.583. The third kappa shape index (κ3) is 8.25. The minimum absolute atomic E-state index is 0.0263. The van der Waals surface area contributed by atoms with Crippen LogP contribution in [0.3, 0.4) is 0 Å². The van der Waals surface area contributed by atoms with E-state index in [1.54, 1.807) is 51.1 Å². The molecule has 0 aliphatic carbocycles. The van der Waals surface area contributed by atoms with Crippen LogP contribution in [0.15, 0.2) is 30.3 Å². The minimum atomic E-state index is -1.33. The van der Waals surface area contributed by atoms with Gasteiger partial charge in [0.05, 0.1) is 18.6 Å². The molecule has 0 bridgehead atoms. The van der Waals surface area contributed by atoms with Gasteiger partial charge in [-0.1, -0.05) is 64.4 Å². The quantitative estimate of drug-likeness (QED) is 0.365. The van der Waals surface area contributed by atoms with Gasteiger partial charge in [-0.15, -0.1) is 0 Å². The SMILES string of the molecule is CC[C@H](C)[C@@H](N)C(=O)N(C(=O)C[C@H](O)C(C)C)[C@H](Cc1ccccc1)C(=O)N[C@H](C)C(=O)O. The van der Waals surface area contributed by atoms with Gasteiger partial charge in [-0.25, -0.2) is 0 Å². The second kappa shape index (κ2) is 13.1. The maximum absolute atomic E-state index is 13.4. The molecule has 0 aromatic heterocycles. The number of imide groups is 1. The molecule has 184 valence electrons. The van der Waals surface area contributed by atoms with Crippen molar-refractivity contribution in [3.63, 3.8) is 0 Å². The van der Waals surface area contributed by atoms with Gasteiger partial charge in [0, 0.05) is 6.42 Å². The number of carbonyl (C=O) groups excluding carboxylic acids is 3. The molecule has 9 nitrogen and oxygen atoms in total. The first-order chi connectivity index (χ1) is 15.4. The van der Waals surface area contributed by atoms with E-state index in [4.69, 9.17) is 5.73 Å². The number of nitrogens with two attached hydrogens (primary N) is 1. The van der Waals surface area contributed by atoms with Crippen molar-refractivity contribution in [2.45, 2.75) is 78.1 Å². The molecule has 0 fully saturated rings. The van der Waals surface area contributed by atoms with Crippen LogP contribution in [0.2, 0.25) is 0 Å². The van der Waals surface area contributed by atoms with E-state index >= 15 is 0 Å². The van der Waals surface area contributed by atoms with Crippen LogP contribution >= 0.6 is 0 Å². The first-order valence-corrected chi connectivity index (χ1v) is 11.3. The van der Waals surface area contributed by atoms with Gasteiger partial charge < -0.3 is 21.3 Å². The van der Waals surface area contributed by atoms with Crippen LogP contribution < -0.4 is 11.1 Å². The molecular weight excluding hydrogens is 426 g/mol. The number of hydrogen-bond donors (Lipinski definition) is 4. The zero-order chi connectivity index (χ0) is 25.3. The molecule has 0 unspecified atom stereocenters. The molecule has 3 amide bonds. The summed E-state index contributed by atoms with van der Waals surface area (Å²) in [6, 6.07) is 5.18. The number of benzene rings is 1. The van der Waals surface area contributed by atoms with Crippen molar-refractivity contribution in [3.8, 4) is 0 Å². The van der Waals surface area contributed by atoms with Crippen LogP contribution in [0.4, 0.5) is 0 Å². The second-order valence-corrected chi connectivity index (χ2v) is 8.80. The van der Waals surface area contributed by atoms with Gasteiger partial charge in [0.25, 0.3) is 0 Å². The number of carboxylic acid groups (broad SMARTS) is 1. The van der Waals surface area contributed by atoms with Crippen molar-refractivity contribution in [2.24, 2.45) is 17.6 Å². The van der Waals surface area contributed by atoms with Crippen LogP contribution in [-0.2, 0) is 25.6 Å². The highest BCUT2D eigenvalue weighted by atomic mass is 16.4. The number of amides is 3. The van der Waals surface area contributed by atoms with Gasteiger partial charge in [0.2, 0.25) is 17.7 Å². The molecule has 33 heavy (non-hydrogen) atoms. The smallest absolute Gasteiger partial charge is 0.325 e. The molecule has 0 saturated heterocycles. The molecule has 1 aromatic rings. The standard InChI is InChI=1S/C24H37N3O6/c1-6-15(4)21(25)23(31)27(20(29)13-19(28)14(2)3)18(12-17-10-8-7-9-11-17)22(30)26-16(5)24(32)33/h7-11,14-16,18-19,21,28H,6,12-13,25H2,1-5H3,(H,26,30)(H,32,33)/t15-,16+,18+,19-,21+/m0/s1. The van der Waals surface area contributed by atoms with E-state index in [1.165, 1.54) is 6.92 Å². The molecule has 0 heterocycles. The summed E-state index contributed by atoms with van der Waals surface area (Å²) in [4.78, 5) is 51.9. The number of rotatable bonds is 12. The van der Waals surface area contributed by atoms with E-state index in [0.717, 1.165) is 4.90 Å². The number of aliphatic hydroxyl groups is 1. The fourth-order valence-corrected chi connectivity index (χ4v) is 3.13. The predicted molar refractivity (Wildman–Crippen MR) is 124 cm³/mol. The molecule has 5 atom stereocenters. The zero-order valence-corrected chi connectivity index (χ0v) is 20.0. The van der Waals surface area contributed by atoms with E-state index in [-0.39, 0.29) is 24.7 Å². The number of carbonyl (C=O) groups is 4. The Morgan fingerprint density at radius 3 is 2.12 bits per heavy atom. The molecule has 5 N–H and O–H groups in total. The lowest BCUT2D eigenvalue weighted by Crippen LogP contribution is -2.60. The molecule has 1 rings (SSSR count). The van der Waals surface area contributed by atoms with Crippen LogP contribution in [0.5, 0.6) is 0 Å². The minimum Gasteiger partial charge on any atom is -0.480 e. The summed E-state index contributed by atoms with van der Waals surface area (Å²) >= 11 is 0. The molecule has 0 spiro atoms. The number of carboxylic acids is 1. The Kier molecular flexibility index (Phi) is 11.2. The molecular formula is C24H37N3O6. The Hall–Kier alpha value is -2.78. The summed E-state index contributed by atoms with van der Waals surface area (Å²) in [6.07, 6.45) is -0.841. The normalized spacial score (nSPS) is 15.8. The van der Waals surface area contributed by atoms with Crippen molar-refractivity contribution >= 4 is 23.7 Å². The van der Waals surface area contributed by atoms with Crippen molar-refractivity contribution in [3.05, 3.63) is 35.9 Å². The van der Waals surface area contributed by atoms with Crippen molar-refractivity contribution < 1.29 is 29.4 Å². The number of aliphatic carboxylic acids is 1. The van der Waals surface area contributed by atoms with Crippen molar-refractivity contribution in [2.75, 3.05) is 0 Å². The van der Waals surface area contributed by atoms with E-state index in [2.05, 4.69) is 5.32 Å². The summed E-state index contributed by atoms with van der Waals surface area (Å²) in [7, 11) is 0. The first kappa shape index (κ1) is 28.3. The van der Waals surface area contributed by atoms with Crippen LogP contribution in [0.25, 0.3) is 0 Å². The number of nitrogens with zero attached hydrogens (tertiary/aromatic N) is 1. The van der Waals surface area contributed by atoms with Gasteiger partial charge in [-0.05, 0) is 24.3 Å². The topological polar surface area (TPSA) is 150 Å². The molecule has 9 heteroatoms. The number of hydrogen-bond acceptors (Lipinski definition) is 6. The number of nitrogens with one attached hydrogen (secondary N) is 1. The lowest BCUT2D eigenvalue weighted by atomic mass is 9.95. The Bertz CT molecular complexity index is 814. The Morgan fingerprint density at radius 2 is 1.64 bits per heavy atom. The Balaban J connectivity index is 3.46. The van der Waals surface area contributed by atoms with Crippen LogP contribution in [-0.4, -0.2) is 63.0 Å². The average Bonchev–Trinajstić information content (AvgIpc) is 2.77. The van der Waals surface area contributed by atoms with E-state index in [1.807, 2.05) is 6.92 Å². The lowest BCUT2D eigenvalue weighted by Gasteiger charge is -2.34. The van der Waals surface area contributed by atoms with Gasteiger partial charge in [0.1, 0.15) is 12.1 Å². The maximum atomic E-state index is 13.4. The average molecular weight is 464 g/mol. The van der Waals surface area contributed by atoms with Crippen molar-refractivity contribution in [1.29, 1.82) is 0 Å². The summed E-state index contributed by atoms with van der Waals surface area (Å²) < 4.78 is 0. The Morgan fingerprint density at radius 1 is 1.06 bits per heavy atom.